The number of amides is 1. The standard InChI is InChI=1S/C18H14N4O3S/c23-17(11-26-18-19-6-3-7-20-18)21-10-13-9-16(25-22-13)15-8-12-4-1-2-5-14(12)24-15/h1-9H,10-11H2,(H,21,23). The SMILES string of the molecule is O=C(CSc1ncccn1)NCc1cc(-c2cc3ccccc3o2)on1. The van der Waals surface area contributed by atoms with Crippen LogP contribution in [0, 0.1) is 0 Å². The van der Waals surface area contributed by atoms with Crippen LogP contribution in [0.25, 0.3) is 22.5 Å². The Bertz CT molecular complexity index is 996. The average molecular weight is 366 g/mol. The van der Waals surface area contributed by atoms with Crippen LogP contribution in [0.15, 0.2) is 69.0 Å². The van der Waals surface area contributed by atoms with Crippen molar-refractivity contribution in [2.75, 3.05) is 5.75 Å². The van der Waals surface area contributed by atoms with Crippen LogP contribution in [0.3, 0.4) is 0 Å². The van der Waals surface area contributed by atoms with Crippen LogP contribution >= 0.6 is 11.8 Å². The van der Waals surface area contributed by atoms with Gasteiger partial charge in [-0.2, -0.15) is 0 Å². The first kappa shape index (κ1) is 16.3. The van der Waals surface area contributed by atoms with E-state index in [1.807, 2.05) is 30.3 Å². The number of aromatic nitrogens is 3. The van der Waals surface area contributed by atoms with E-state index in [9.17, 15) is 4.79 Å². The molecule has 1 aromatic carbocycles. The minimum Gasteiger partial charge on any atom is -0.453 e. The summed E-state index contributed by atoms with van der Waals surface area (Å²) in [4.78, 5) is 20.0. The van der Waals surface area contributed by atoms with Crippen molar-refractivity contribution in [2.24, 2.45) is 0 Å². The maximum atomic E-state index is 11.9. The van der Waals surface area contributed by atoms with Gasteiger partial charge in [-0.15, -0.1) is 0 Å². The monoisotopic (exact) mass is 366 g/mol. The van der Waals surface area contributed by atoms with E-state index in [0.717, 1.165) is 11.0 Å². The summed E-state index contributed by atoms with van der Waals surface area (Å²) in [5.74, 6) is 1.24. The predicted molar refractivity (Wildman–Crippen MR) is 96.3 cm³/mol. The Kier molecular flexibility index (Phi) is 4.65. The van der Waals surface area contributed by atoms with Gasteiger partial charge in [0.15, 0.2) is 10.9 Å². The highest BCUT2D eigenvalue weighted by Crippen LogP contribution is 2.28. The number of rotatable bonds is 6. The average Bonchev–Trinajstić information content (AvgIpc) is 3.32. The number of para-hydroxylation sites is 1. The largest absolute Gasteiger partial charge is 0.453 e. The highest BCUT2D eigenvalue weighted by Gasteiger charge is 2.13. The lowest BCUT2D eigenvalue weighted by atomic mass is 10.2. The number of nitrogens with one attached hydrogen (secondary N) is 1. The lowest BCUT2D eigenvalue weighted by molar-refractivity contribution is -0.118. The molecule has 0 aliphatic heterocycles. The molecule has 0 saturated carbocycles. The molecule has 0 unspecified atom stereocenters. The second-order valence-corrected chi connectivity index (χ2v) is 6.37. The molecule has 8 heteroatoms. The van der Waals surface area contributed by atoms with Crippen molar-refractivity contribution in [1.82, 2.24) is 20.4 Å². The highest BCUT2D eigenvalue weighted by molar-refractivity contribution is 7.99. The topological polar surface area (TPSA) is 94.1 Å². The van der Waals surface area contributed by atoms with Gasteiger partial charge < -0.3 is 14.3 Å². The zero-order valence-corrected chi connectivity index (χ0v) is 14.4. The fourth-order valence-electron chi connectivity index (χ4n) is 2.34. The van der Waals surface area contributed by atoms with Gasteiger partial charge in [-0.1, -0.05) is 35.1 Å². The lowest BCUT2D eigenvalue weighted by Crippen LogP contribution is -2.24. The quantitative estimate of drug-likeness (QED) is 0.413. The second kappa shape index (κ2) is 7.40. The molecule has 0 aliphatic carbocycles. The van der Waals surface area contributed by atoms with E-state index in [-0.39, 0.29) is 18.2 Å². The maximum Gasteiger partial charge on any atom is 0.230 e. The Hall–Kier alpha value is -3.13. The first-order chi connectivity index (χ1) is 12.8. The first-order valence-electron chi connectivity index (χ1n) is 7.89. The van der Waals surface area contributed by atoms with E-state index < -0.39 is 0 Å². The summed E-state index contributed by atoms with van der Waals surface area (Å²) in [5, 5.41) is 8.32. The van der Waals surface area contributed by atoms with Gasteiger partial charge in [0.1, 0.15) is 11.3 Å². The van der Waals surface area contributed by atoms with Crippen LogP contribution < -0.4 is 5.32 Å². The summed E-state index contributed by atoms with van der Waals surface area (Å²) in [6.07, 6.45) is 3.28. The zero-order valence-electron chi connectivity index (χ0n) is 13.6. The minimum absolute atomic E-state index is 0.129. The summed E-state index contributed by atoms with van der Waals surface area (Å²) in [7, 11) is 0. The Labute approximate surface area is 152 Å². The van der Waals surface area contributed by atoms with E-state index in [0.29, 0.717) is 22.4 Å². The third-order valence-electron chi connectivity index (χ3n) is 3.57. The van der Waals surface area contributed by atoms with Crippen LogP contribution in [0.1, 0.15) is 5.69 Å². The molecule has 0 bridgehead atoms. The number of hydrogen-bond donors (Lipinski definition) is 1. The number of fused-ring (bicyclic) bond motifs is 1. The fourth-order valence-corrected chi connectivity index (χ4v) is 2.98. The number of benzene rings is 1. The number of furan rings is 1. The van der Waals surface area contributed by atoms with Gasteiger partial charge in [0.25, 0.3) is 0 Å². The van der Waals surface area contributed by atoms with Crippen LogP contribution in [0.5, 0.6) is 0 Å². The minimum atomic E-state index is -0.129. The Morgan fingerprint density at radius 3 is 2.77 bits per heavy atom. The van der Waals surface area contributed by atoms with E-state index in [4.69, 9.17) is 8.94 Å². The number of hydrogen-bond acceptors (Lipinski definition) is 7. The number of thioether (sulfide) groups is 1. The Morgan fingerprint density at radius 2 is 1.92 bits per heavy atom. The summed E-state index contributed by atoms with van der Waals surface area (Å²) < 4.78 is 11.1. The van der Waals surface area contributed by atoms with Crippen molar-refractivity contribution in [3.05, 3.63) is 60.6 Å². The molecule has 1 amide bonds. The van der Waals surface area contributed by atoms with E-state index in [1.54, 1.807) is 24.5 Å². The van der Waals surface area contributed by atoms with Crippen molar-refractivity contribution < 1.29 is 13.7 Å². The molecule has 130 valence electrons. The summed E-state index contributed by atoms with van der Waals surface area (Å²) in [6, 6.07) is 13.1. The molecule has 3 heterocycles. The molecule has 3 aromatic heterocycles. The normalized spacial score (nSPS) is 10.9. The second-order valence-electron chi connectivity index (χ2n) is 5.43. The molecule has 4 aromatic rings. The molecular formula is C18H14N4O3S. The molecule has 0 atom stereocenters. The van der Waals surface area contributed by atoms with Crippen LogP contribution in [-0.4, -0.2) is 26.8 Å². The summed E-state index contributed by atoms with van der Waals surface area (Å²) in [5.41, 5.74) is 1.41. The fraction of sp³-hybridized carbons (Fsp3) is 0.111. The van der Waals surface area contributed by atoms with Gasteiger partial charge >= 0.3 is 0 Å². The van der Waals surface area contributed by atoms with Crippen molar-refractivity contribution in [1.29, 1.82) is 0 Å². The number of nitrogens with zero attached hydrogens (tertiary/aromatic N) is 3. The Morgan fingerprint density at radius 1 is 1.08 bits per heavy atom. The van der Waals surface area contributed by atoms with Crippen LogP contribution in [-0.2, 0) is 11.3 Å². The maximum absolute atomic E-state index is 11.9. The van der Waals surface area contributed by atoms with Crippen molar-refractivity contribution in [3.63, 3.8) is 0 Å². The van der Waals surface area contributed by atoms with E-state index in [2.05, 4.69) is 20.4 Å². The molecule has 0 radical (unpaired) electrons. The molecular weight excluding hydrogens is 352 g/mol. The van der Waals surface area contributed by atoms with Crippen molar-refractivity contribution in [2.45, 2.75) is 11.7 Å². The van der Waals surface area contributed by atoms with E-state index >= 15 is 0 Å². The number of carbonyl (C=O) groups excluding carboxylic acids is 1. The third-order valence-corrected chi connectivity index (χ3v) is 4.44. The zero-order chi connectivity index (χ0) is 17.8. The molecule has 0 saturated heterocycles. The van der Waals surface area contributed by atoms with Gasteiger partial charge in [-0.05, 0) is 18.2 Å². The lowest BCUT2D eigenvalue weighted by Gasteiger charge is -2.01. The molecule has 0 spiro atoms. The number of carbonyl (C=O) groups is 1. The third kappa shape index (κ3) is 3.75. The van der Waals surface area contributed by atoms with Gasteiger partial charge in [-0.25, -0.2) is 9.97 Å². The van der Waals surface area contributed by atoms with E-state index in [1.165, 1.54) is 11.8 Å². The highest BCUT2D eigenvalue weighted by atomic mass is 32.2. The molecule has 0 aliphatic rings. The molecule has 1 N–H and O–H groups in total. The smallest absolute Gasteiger partial charge is 0.230 e. The molecule has 26 heavy (non-hydrogen) atoms. The van der Waals surface area contributed by atoms with Gasteiger partial charge in [0, 0.05) is 23.8 Å². The van der Waals surface area contributed by atoms with Crippen molar-refractivity contribution >= 4 is 28.6 Å². The molecule has 7 nitrogen and oxygen atoms in total. The molecule has 0 fully saturated rings. The Balaban J connectivity index is 1.34. The van der Waals surface area contributed by atoms with Gasteiger partial charge in [0.05, 0.1) is 12.3 Å². The van der Waals surface area contributed by atoms with Crippen LogP contribution in [0.4, 0.5) is 0 Å². The summed E-state index contributed by atoms with van der Waals surface area (Å²) >= 11 is 1.28. The van der Waals surface area contributed by atoms with Crippen LogP contribution in [0.2, 0.25) is 0 Å². The predicted octanol–water partition coefficient (Wildman–Crippen LogP) is 3.29. The summed E-state index contributed by atoms with van der Waals surface area (Å²) in [6.45, 7) is 0.277. The van der Waals surface area contributed by atoms with Crippen molar-refractivity contribution in [3.8, 4) is 11.5 Å². The van der Waals surface area contributed by atoms with Gasteiger partial charge in [-0.3, -0.25) is 4.79 Å². The first-order valence-corrected chi connectivity index (χ1v) is 8.87. The molecule has 4 rings (SSSR count). The van der Waals surface area contributed by atoms with Gasteiger partial charge in [0.2, 0.25) is 11.7 Å².